The van der Waals surface area contributed by atoms with Crippen LogP contribution >= 0.6 is 0 Å². The molecule has 1 atom stereocenters. The number of carboxylic acids is 1. The molecule has 1 unspecified atom stereocenters. The first kappa shape index (κ1) is 11.3. The van der Waals surface area contributed by atoms with Gasteiger partial charge < -0.3 is 10.1 Å². The highest BCUT2D eigenvalue weighted by Crippen LogP contribution is 2.20. The molecule has 0 saturated carbocycles. The Balaban J connectivity index is 2.29. The Morgan fingerprint density at radius 3 is 2.65 bits per heavy atom. The zero-order valence-corrected chi connectivity index (χ0v) is 9.14. The Hall–Kier alpha value is -2.17. The van der Waals surface area contributed by atoms with Gasteiger partial charge in [-0.05, 0) is 36.8 Å². The number of nitrogens with one attached hydrogen (secondary N) is 1. The molecule has 0 aliphatic carbocycles. The fourth-order valence-corrected chi connectivity index (χ4v) is 1.45. The first-order valence-electron chi connectivity index (χ1n) is 5.11. The first-order chi connectivity index (χ1) is 8.08. The number of benzene rings is 1. The summed E-state index contributed by atoms with van der Waals surface area (Å²) in [7, 11) is 0. The molecule has 5 heteroatoms. The van der Waals surface area contributed by atoms with Crippen LogP contribution in [0.2, 0.25) is 0 Å². The van der Waals surface area contributed by atoms with E-state index in [4.69, 9.17) is 5.11 Å². The number of imidazole rings is 1. The summed E-state index contributed by atoms with van der Waals surface area (Å²) in [6, 6.07) is 5.91. The molecule has 1 heterocycles. The van der Waals surface area contributed by atoms with Gasteiger partial charge in [-0.25, -0.2) is 9.37 Å². The summed E-state index contributed by atoms with van der Waals surface area (Å²) >= 11 is 0. The number of rotatable bonds is 3. The van der Waals surface area contributed by atoms with E-state index in [1.165, 1.54) is 12.1 Å². The summed E-state index contributed by atoms with van der Waals surface area (Å²) in [5.74, 6) is -1.56. The Bertz CT molecular complexity index is 534. The van der Waals surface area contributed by atoms with E-state index in [0.29, 0.717) is 11.5 Å². The molecule has 88 valence electrons. The molecule has 1 aromatic carbocycles. The van der Waals surface area contributed by atoms with Crippen LogP contribution in [0.5, 0.6) is 0 Å². The summed E-state index contributed by atoms with van der Waals surface area (Å²) in [6.45, 7) is 1.55. The molecule has 2 rings (SSSR count). The smallest absolute Gasteiger partial charge is 0.313 e. The van der Waals surface area contributed by atoms with E-state index < -0.39 is 11.9 Å². The SMILES string of the molecule is CC(C(=O)O)c1ncc(-c2ccc(F)cc2)[nH]1. The molecule has 0 amide bonds. The number of aliphatic carboxylic acids is 1. The third-order valence-corrected chi connectivity index (χ3v) is 2.53. The van der Waals surface area contributed by atoms with Gasteiger partial charge in [0.1, 0.15) is 17.6 Å². The Morgan fingerprint density at radius 1 is 1.41 bits per heavy atom. The Kier molecular flexibility index (Phi) is 2.91. The van der Waals surface area contributed by atoms with Crippen LogP contribution in [0.3, 0.4) is 0 Å². The number of H-pyrrole nitrogens is 1. The lowest BCUT2D eigenvalue weighted by Gasteiger charge is -2.01. The lowest BCUT2D eigenvalue weighted by atomic mass is 10.1. The van der Waals surface area contributed by atoms with Crippen LogP contribution in [0.15, 0.2) is 30.5 Å². The molecule has 0 bridgehead atoms. The van der Waals surface area contributed by atoms with Crippen molar-refractivity contribution in [3.63, 3.8) is 0 Å². The standard InChI is InChI=1S/C12H11FN2O2/c1-7(12(16)17)11-14-6-10(15-11)8-2-4-9(13)5-3-8/h2-7H,1H3,(H,14,15)(H,16,17). The van der Waals surface area contributed by atoms with E-state index in [0.717, 1.165) is 5.56 Å². The minimum absolute atomic E-state index is 0.313. The van der Waals surface area contributed by atoms with Gasteiger partial charge in [0.25, 0.3) is 0 Å². The van der Waals surface area contributed by atoms with Crippen LogP contribution in [0.1, 0.15) is 18.7 Å². The number of nitrogens with zero attached hydrogens (tertiary/aromatic N) is 1. The van der Waals surface area contributed by atoms with Crippen molar-refractivity contribution in [2.75, 3.05) is 0 Å². The fraction of sp³-hybridized carbons (Fsp3) is 0.167. The lowest BCUT2D eigenvalue weighted by molar-refractivity contribution is -0.138. The van der Waals surface area contributed by atoms with Crippen molar-refractivity contribution >= 4 is 5.97 Å². The first-order valence-corrected chi connectivity index (χ1v) is 5.11. The molecule has 2 aromatic rings. The fourth-order valence-electron chi connectivity index (χ4n) is 1.45. The number of aromatic nitrogens is 2. The highest BCUT2D eigenvalue weighted by molar-refractivity contribution is 5.74. The van der Waals surface area contributed by atoms with Crippen molar-refractivity contribution < 1.29 is 14.3 Å². The van der Waals surface area contributed by atoms with Gasteiger partial charge in [-0.15, -0.1) is 0 Å². The highest BCUT2D eigenvalue weighted by atomic mass is 19.1. The van der Waals surface area contributed by atoms with E-state index in [1.54, 1.807) is 25.3 Å². The van der Waals surface area contributed by atoms with Crippen LogP contribution in [-0.4, -0.2) is 21.0 Å². The number of aromatic amines is 1. The van der Waals surface area contributed by atoms with E-state index in [1.807, 2.05) is 0 Å². The van der Waals surface area contributed by atoms with Crippen LogP contribution in [0.4, 0.5) is 4.39 Å². The number of hydrogen-bond donors (Lipinski definition) is 2. The van der Waals surface area contributed by atoms with Gasteiger partial charge in [0, 0.05) is 0 Å². The number of halogens is 1. The maximum absolute atomic E-state index is 12.7. The van der Waals surface area contributed by atoms with Crippen molar-refractivity contribution in [1.29, 1.82) is 0 Å². The molecule has 4 nitrogen and oxygen atoms in total. The second-order valence-corrected chi connectivity index (χ2v) is 3.75. The van der Waals surface area contributed by atoms with Crippen molar-refractivity contribution in [2.45, 2.75) is 12.8 Å². The topological polar surface area (TPSA) is 66.0 Å². The van der Waals surface area contributed by atoms with Crippen LogP contribution < -0.4 is 0 Å². The third-order valence-electron chi connectivity index (χ3n) is 2.53. The predicted molar refractivity (Wildman–Crippen MR) is 60.0 cm³/mol. The van der Waals surface area contributed by atoms with E-state index in [-0.39, 0.29) is 5.82 Å². The summed E-state index contributed by atoms with van der Waals surface area (Å²) in [5, 5.41) is 8.84. The number of carbonyl (C=O) groups is 1. The summed E-state index contributed by atoms with van der Waals surface area (Å²) in [6.07, 6.45) is 1.54. The molecular formula is C12H11FN2O2. The molecule has 1 aromatic heterocycles. The average Bonchev–Trinajstić information content (AvgIpc) is 2.78. The van der Waals surface area contributed by atoms with Gasteiger partial charge in [0.2, 0.25) is 0 Å². The molecule has 0 saturated heterocycles. The second-order valence-electron chi connectivity index (χ2n) is 3.75. The lowest BCUT2D eigenvalue weighted by Crippen LogP contribution is -2.08. The van der Waals surface area contributed by atoms with Crippen LogP contribution in [0, 0.1) is 5.82 Å². The summed E-state index contributed by atoms with van der Waals surface area (Å²) in [4.78, 5) is 17.7. The van der Waals surface area contributed by atoms with Gasteiger partial charge in [0.05, 0.1) is 11.9 Å². The predicted octanol–water partition coefficient (Wildman–Crippen LogP) is 2.40. The maximum atomic E-state index is 12.7. The highest BCUT2D eigenvalue weighted by Gasteiger charge is 2.17. The molecule has 2 N–H and O–H groups in total. The van der Waals surface area contributed by atoms with E-state index >= 15 is 0 Å². The quantitative estimate of drug-likeness (QED) is 0.857. The summed E-state index contributed by atoms with van der Waals surface area (Å²) < 4.78 is 12.7. The zero-order chi connectivity index (χ0) is 12.4. The second kappa shape index (κ2) is 4.37. The van der Waals surface area contributed by atoms with Gasteiger partial charge in [-0.1, -0.05) is 0 Å². The van der Waals surface area contributed by atoms with Gasteiger partial charge in [-0.3, -0.25) is 4.79 Å². The van der Waals surface area contributed by atoms with E-state index in [9.17, 15) is 9.18 Å². The van der Waals surface area contributed by atoms with Gasteiger partial charge in [-0.2, -0.15) is 0 Å². The summed E-state index contributed by atoms with van der Waals surface area (Å²) in [5.41, 5.74) is 1.44. The minimum atomic E-state index is -0.940. The maximum Gasteiger partial charge on any atom is 0.313 e. The Morgan fingerprint density at radius 2 is 2.06 bits per heavy atom. The third kappa shape index (κ3) is 2.33. The van der Waals surface area contributed by atoms with Crippen LogP contribution in [-0.2, 0) is 4.79 Å². The normalized spacial score (nSPS) is 12.4. The average molecular weight is 234 g/mol. The molecule has 0 aliphatic heterocycles. The number of hydrogen-bond acceptors (Lipinski definition) is 2. The Labute approximate surface area is 97.1 Å². The minimum Gasteiger partial charge on any atom is -0.481 e. The molecule has 0 aliphatic rings. The monoisotopic (exact) mass is 234 g/mol. The van der Waals surface area contributed by atoms with Crippen molar-refractivity contribution in [3.8, 4) is 11.3 Å². The number of carboxylic acid groups (broad SMARTS) is 1. The van der Waals surface area contributed by atoms with Crippen molar-refractivity contribution in [3.05, 3.63) is 42.1 Å². The molecule has 0 fully saturated rings. The molecule has 17 heavy (non-hydrogen) atoms. The van der Waals surface area contributed by atoms with E-state index in [2.05, 4.69) is 9.97 Å². The van der Waals surface area contributed by atoms with Gasteiger partial charge in [0.15, 0.2) is 0 Å². The molecular weight excluding hydrogens is 223 g/mol. The largest absolute Gasteiger partial charge is 0.481 e. The molecule has 0 radical (unpaired) electrons. The van der Waals surface area contributed by atoms with Crippen molar-refractivity contribution in [2.24, 2.45) is 0 Å². The van der Waals surface area contributed by atoms with Crippen molar-refractivity contribution in [1.82, 2.24) is 9.97 Å². The molecule has 0 spiro atoms. The zero-order valence-electron chi connectivity index (χ0n) is 9.14. The van der Waals surface area contributed by atoms with Crippen LogP contribution in [0.25, 0.3) is 11.3 Å². The van der Waals surface area contributed by atoms with Gasteiger partial charge >= 0.3 is 5.97 Å².